The molecule has 0 bridgehead atoms. The van der Waals surface area contributed by atoms with Gasteiger partial charge in [-0.05, 0) is 39.0 Å². The van der Waals surface area contributed by atoms with Gasteiger partial charge in [-0.1, -0.05) is 0 Å². The van der Waals surface area contributed by atoms with Crippen molar-refractivity contribution in [3.8, 4) is 0 Å². The van der Waals surface area contributed by atoms with Gasteiger partial charge in [0.1, 0.15) is 0 Å². The zero-order valence-electron chi connectivity index (χ0n) is 13.4. The number of carboxylic acids is 1. The summed E-state index contributed by atoms with van der Waals surface area (Å²) in [7, 11) is 1.79. The minimum Gasteiger partial charge on any atom is -0.481 e. The summed E-state index contributed by atoms with van der Waals surface area (Å²) in [6, 6.07) is 0.0408. The Labute approximate surface area is 127 Å². The van der Waals surface area contributed by atoms with Crippen LogP contribution < -0.4 is 0 Å². The van der Waals surface area contributed by atoms with Crippen molar-refractivity contribution in [2.75, 3.05) is 33.3 Å². The Bertz CT molecular complexity index is 339. The average molecular weight is 300 g/mol. The van der Waals surface area contributed by atoms with E-state index in [1.54, 1.807) is 11.9 Å². The monoisotopic (exact) mass is 300 g/mol. The van der Waals surface area contributed by atoms with E-state index in [1.807, 2.05) is 18.7 Å². The van der Waals surface area contributed by atoms with E-state index in [-0.39, 0.29) is 18.6 Å². The van der Waals surface area contributed by atoms with Gasteiger partial charge in [0.05, 0.1) is 12.7 Å². The summed E-state index contributed by atoms with van der Waals surface area (Å²) >= 11 is 0. The highest BCUT2D eigenvalue weighted by molar-refractivity contribution is 5.74. The summed E-state index contributed by atoms with van der Waals surface area (Å²) in [6.45, 7) is 6.54. The second kappa shape index (κ2) is 8.87. The van der Waals surface area contributed by atoms with E-state index in [0.717, 1.165) is 32.4 Å². The van der Waals surface area contributed by atoms with Crippen LogP contribution in [0, 0.1) is 5.92 Å². The quantitative estimate of drug-likeness (QED) is 0.781. The predicted octanol–water partition coefficient (Wildman–Crippen LogP) is 2.04. The van der Waals surface area contributed by atoms with Gasteiger partial charge >= 0.3 is 12.0 Å². The summed E-state index contributed by atoms with van der Waals surface area (Å²) in [4.78, 5) is 26.4. The van der Waals surface area contributed by atoms with E-state index in [4.69, 9.17) is 9.84 Å². The first-order chi connectivity index (χ1) is 9.90. The van der Waals surface area contributed by atoms with Crippen LogP contribution in [0.1, 0.15) is 39.5 Å². The number of carbonyl (C=O) groups excluding carboxylic acids is 1. The second-order valence-electron chi connectivity index (χ2n) is 5.99. The first-order valence-corrected chi connectivity index (χ1v) is 7.73. The first kappa shape index (κ1) is 17.8. The molecule has 1 heterocycles. The maximum Gasteiger partial charge on any atom is 0.319 e. The van der Waals surface area contributed by atoms with E-state index in [1.165, 1.54) is 0 Å². The molecule has 0 atom stereocenters. The number of hydrogen-bond donors (Lipinski definition) is 1. The van der Waals surface area contributed by atoms with Crippen molar-refractivity contribution in [1.82, 2.24) is 9.80 Å². The fourth-order valence-corrected chi connectivity index (χ4v) is 2.50. The van der Waals surface area contributed by atoms with E-state index in [2.05, 4.69) is 0 Å². The third-order valence-electron chi connectivity index (χ3n) is 3.86. The SMILES string of the molecule is CC(C)OCCN(C)C(=O)N1CCC(CCC(=O)O)CC1. The lowest BCUT2D eigenvalue weighted by Gasteiger charge is -2.34. The molecule has 1 N–H and O–H groups in total. The molecular formula is C15H28N2O4. The van der Waals surface area contributed by atoms with Crippen LogP contribution in [0.2, 0.25) is 0 Å². The molecule has 0 aliphatic carbocycles. The van der Waals surface area contributed by atoms with Gasteiger partial charge in [-0.2, -0.15) is 0 Å². The van der Waals surface area contributed by atoms with E-state index in [9.17, 15) is 9.59 Å². The molecule has 1 rings (SSSR count). The molecule has 6 heteroatoms. The molecule has 1 fully saturated rings. The first-order valence-electron chi connectivity index (χ1n) is 7.73. The molecule has 6 nitrogen and oxygen atoms in total. The Hall–Kier alpha value is -1.30. The number of carboxylic acid groups (broad SMARTS) is 1. The van der Waals surface area contributed by atoms with Crippen LogP contribution in [0.15, 0.2) is 0 Å². The highest BCUT2D eigenvalue weighted by Gasteiger charge is 2.24. The minimum absolute atomic E-state index is 0.0408. The van der Waals surface area contributed by atoms with E-state index >= 15 is 0 Å². The molecule has 0 aromatic rings. The van der Waals surface area contributed by atoms with Crippen molar-refractivity contribution >= 4 is 12.0 Å². The van der Waals surface area contributed by atoms with Crippen LogP contribution in [0.5, 0.6) is 0 Å². The number of urea groups is 1. The molecule has 0 unspecified atom stereocenters. The van der Waals surface area contributed by atoms with Gasteiger partial charge in [0.15, 0.2) is 0 Å². The fourth-order valence-electron chi connectivity index (χ4n) is 2.50. The lowest BCUT2D eigenvalue weighted by Crippen LogP contribution is -2.46. The molecule has 1 aliphatic rings. The molecule has 21 heavy (non-hydrogen) atoms. The zero-order valence-corrected chi connectivity index (χ0v) is 13.4. The highest BCUT2D eigenvalue weighted by Crippen LogP contribution is 2.22. The Morgan fingerprint density at radius 3 is 2.48 bits per heavy atom. The standard InChI is InChI=1S/C15H28N2O4/c1-12(2)21-11-10-16(3)15(20)17-8-6-13(7-9-17)4-5-14(18)19/h12-13H,4-11H2,1-3H3,(H,18,19). The number of aliphatic carboxylic acids is 1. The summed E-state index contributed by atoms with van der Waals surface area (Å²) in [5, 5.41) is 8.70. The van der Waals surface area contributed by atoms with Crippen LogP contribution >= 0.6 is 0 Å². The number of likely N-dealkylation sites (N-methyl/N-ethyl adjacent to an activating group) is 1. The summed E-state index contributed by atoms with van der Waals surface area (Å²) in [5.74, 6) is -0.307. The number of amides is 2. The van der Waals surface area contributed by atoms with Crippen molar-refractivity contribution in [1.29, 1.82) is 0 Å². The lowest BCUT2D eigenvalue weighted by atomic mass is 9.92. The predicted molar refractivity (Wildman–Crippen MR) is 80.3 cm³/mol. The smallest absolute Gasteiger partial charge is 0.319 e. The van der Waals surface area contributed by atoms with Crippen molar-refractivity contribution in [2.45, 2.75) is 45.6 Å². The van der Waals surface area contributed by atoms with Crippen LogP contribution in [0.3, 0.4) is 0 Å². The number of rotatable bonds is 7. The number of nitrogens with zero attached hydrogens (tertiary/aromatic N) is 2. The molecule has 0 radical (unpaired) electrons. The van der Waals surface area contributed by atoms with Crippen molar-refractivity contribution in [3.63, 3.8) is 0 Å². The number of ether oxygens (including phenoxy) is 1. The van der Waals surface area contributed by atoms with Gasteiger partial charge in [-0.25, -0.2) is 4.79 Å². The van der Waals surface area contributed by atoms with Gasteiger partial charge in [-0.15, -0.1) is 0 Å². The van der Waals surface area contributed by atoms with Crippen molar-refractivity contribution in [2.24, 2.45) is 5.92 Å². The lowest BCUT2D eigenvalue weighted by molar-refractivity contribution is -0.137. The highest BCUT2D eigenvalue weighted by atomic mass is 16.5. The van der Waals surface area contributed by atoms with Gasteiger partial charge < -0.3 is 19.6 Å². The Balaban J connectivity index is 2.26. The fraction of sp³-hybridized carbons (Fsp3) is 0.867. The molecule has 1 saturated heterocycles. The number of hydrogen-bond acceptors (Lipinski definition) is 3. The van der Waals surface area contributed by atoms with Crippen molar-refractivity contribution < 1.29 is 19.4 Å². The molecule has 0 aromatic heterocycles. The number of carbonyl (C=O) groups is 2. The molecule has 2 amide bonds. The molecule has 0 spiro atoms. The number of piperidine rings is 1. The third kappa shape index (κ3) is 6.80. The van der Waals surface area contributed by atoms with E-state index in [0.29, 0.717) is 19.1 Å². The molecule has 0 saturated carbocycles. The van der Waals surface area contributed by atoms with Gasteiger partial charge in [0.25, 0.3) is 0 Å². The molecular weight excluding hydrogens is 272 g/mol. The maximum atomic E-state index is 12.2. The van der Waals surface area contributed by atoms with Crippen LogP contribution in [0.4, 0.5) is 4.79 Å². The second-order valence-corrected chi connectivity index (χ2v) is 5.99. The molecule has 1 aliphatic heterocycles. The largest absolute Gasteiger partial charge is 0.481 e. The Morgan fingerprint density at radius 1 is 1.33 bits per heavy atom. The topological polar surface area (TPSA) is 70.1 Å². The summed E-state index contributed by atoms with van der Waals surface area (Å²) in [6.07, 6.45) is 2.92. The average Bonchev–Trinajstić information content (AvgIpc) is 2.44. The van der Waals surface area contributed by atoms with Crippen LogP contribution in [-0.4, -0.2) is 66.3 Å². The number of likely N-dealkylation sites (tertiary alicyclic amines) is 1. The van der Waals surface area contributed by atoms with Gasteiger partial charge in [0, 0.05) is 33.1 Å². The van der Waals surface area contributed by atoms with Crippen molar-refractivity contribution in [3.05, 3.63) is 0 Å². The normalized spacial score (nSPS) is 16.3. The van der Waals surface area contributed by atoms with Crippen LogP contribution in [0.25, 0.3) is 0 Å². The maximum absolute atomic E-state index is 12.2. The minimum atomic E-state index is -0.738. The zero-order chi connectivity index (χ0) is 15.8. The third-order valence-corrected chi connectivity index (χ3v) is 3.86. The molecule has 122 valence electrons. The Morgan fingerprint density at radius 2 is 1.95 bits per heavy atom. The summed E-state index contributed by atoms with van der Waals surface area (Å²) in [5.41, 5.74) is 0. The molecule has 0 aromatic carbocycles. The van der Waals surface area contributed by atoms with E-state index < -0.39 is 5.97 Å². The van der Waals surface area contributed by atoms with Crippen LogP contribution in [-0.2, 0) is 9.53 Å². The Kier molecular flexibility index (Phi) is 7.50. The van der Waals surface area contributed by atoms with Gasteiger partial charge in [0.2, 0.25) is 0 Å². The van der Waals surface area contributed by atoms with Gasteiger partial charge in [-0.3, -0.25) is 4.79 Å². The summed E-state index contributed by atoms with van der Waals surface area (Å²) < 4.78 is 5.45.